The Balaban J connectivity index is 4.15. The van der Waals surface area contributed by atoms with Crippen molar-refractivity contribution in [3.8, 4) is 11.8 Å². The summed E-state index contributed by atoms with van der Waals surface area (Å²) in [7, 11) is 0. The largest absolute Gasteiger partial charge is 0.456 e. The molecule has 0 aromatic heterocycles. The Labute approximate surface area is 104 Å². The van der Waals surface area contributed by atoms with Crippen molar-refractivity contribution in [2.75, 3.05) is 13.2 Å². The molecule has 0 fully saturated rings. The highest BCUT2D eigenvalue weighted by Gasteiger charge is 2.04. The van der Waals surface area contributed by atoms with Gasteiger partial charge in [-0.2, -0.15) is 0 Å². The van der Waals surface area contributed by atoms with Gasteiger partial charge in [0.25, 0.3) is 0 Å². The summed E-state index contributed by atoms with van der Waals surface area (Å²) in [5.74, 6) is 4.76. The van der Waals surface area contributed by atoms with Gasteiger partial charge in [-0.05, 0) is 19.8 Å². The lowest BCUT2D eigenvalue weighted by molar-refractivity contribution is -0.136. The van der Waals surface area contributed by atoms with Crippen molar-refractivity contribution in [1.82, 2.24) is 0 Å². The van der Waals surface area contributed by atoms with Gasteiger partial charge in [0.2, 0.25) is 0 Å². The minimum absolute atomic E-state index is 0.205. The number of esters is 1. The Bertz CT molecular complexity index is 273. The van der Waals surface area contributed by atoms with Crippen LogP contribution in [0.15, 0.2) is 12.7 Å². The molecule has 96 valence electrons. The predicted molar refractivity (Wildman–Crippen MR) is 68.5 cm³/mol. The van der Waals surface area contributed by atoms with E-state index in [0.717, 1.165) is 25.7 Å². The van der Waals surface area contributed by atoms with Crippen molar-refractivity contribution in [3.05, 3.63) is 12.7 Å². The third kappa shape index (κ3) is 9.65. The average Bonchev–Trinajstić information content (AvgIpc) is 2.32. The van der Waals surface area contributed by atoms with Gasteiger partial charge in [-0.1, -0.05) is 31.8 Å². The first-order chi connectivity index (χ1) is 8.24. The number of unbranched alkanes of at least 4 members (excludes halogenated alkanes) is 2. The maximum absolute atomic E-state index is 11.1. The highest BCUT2D eigenvalue weighted by atomic mass is 16.5. The Hall–Kier alpha value is -1.27. The van der Waals surface area contributed by atoms with E-state index in [1.165, 1.54) is 0 Å². The van der Waals surface area contributed by atoms with Crippen molar-refractivity contribution in [1.29, 1.82) is 0 Å². The molecule has 0 amide bonds. The van der Waals surface area contributed by atoms with Gasteiger partial charge >= 0.3 is 5.97 Å². The number of carbonyl (C=O) groups excluding carboxylic acids is 1. The number of hydrogen-bond donors (Lipinski definition) is 0. The fourth-order valence-corrected chi connectivity index (χ4v) is 1.27. The molecule has 0 aliphatic carbocycles. The van der Waals surface area contributed by atoms with Gasteiger partial charge in [0.1, 0.15) is 6.10 Å². The highest BCUT2D eigenvalue weighted by molar-refractivity contribution is 5.88. The van der Waals surface area contributed by atoms with Crippen LogP contribution in [-0.4, -0.2) is 25.3 Å². The number of rotatable bonds is 8. The fourth-order valence-electron chi connectivity index (χ4n) is 1.27. The first-order valence-electron chi connectivity index (χ1n) is 6.15. The highest BCUT2D eigenvalue weighted by Crippen LogP contribution is 2.06. The van der Waals surface area contributed by atoms with E-state index in [-0.39, 0.29) is 6.10 Å². The molecule has 0 aliphatic rings. The summed E-state index contributed by atoms with van der Waals surface area (Å²) in [5, 5.41) is 0. The van der Waals surface area contributed by atoms with E-state index in [9.17, 15) is 4.79 Å². The monoisotopic (exact) mass is 238 g/mol. The van der Waals surface area contributed by atoms with Crippen LogP contribution in [0.3, 0.4) is 0 Å². The molecule has 3 nitrogen and oxygen atoms in total. The van der Waals surface area contributed by atoms with Crippen LogP contribution in [0.4, 0.5) is 0 Å². The second-order valence-corrected chi connectivity index (χ2v) is 3.60. The van der Waals surface area contributed by atoms with Crippen molar-refractivity contribution < 1.29 is 14.3 Å². The van der Waals surface area contributed by atoms with Crippen molar-refractivity contribution in [3.63, 3.8) is 0 Å². The van der Waals surface area contributed by atoms with E-state index < -0.39 is 5.97 Å². The molecule has 0 bridgehead atoms. The smallest absolute Gasteiger partial charge is 0.384 e. The van der Waals surface area contributed by atoms with Crippen LogP contribution in [0.5, 0.6) is 0 Å². The predicted octanol–water partition coefficient (Wildman–Crippen LogP) is 2.70. The molecule has 0 saturated carbocycles. The van der Waals surface area contributed by atoms with Crippen molar-refractivity contribution in [2.45, 2.75) is 45.6 Å². The normalized spacial score (nSPS) is 11.2. The number of carbonyl (C=O) groups is 1. The molecule has 17 heavy (non-hydrogen) atoms. The van der Waals surface area contributed by atoms with E-state index in [2.05, 4.69) is 25.3 Å². The Morgan fingerprint density at radius 3 is 2.76 bits per heavy atom. The maximum atomic E-state index is 11.1. The van der Waals surface area contributed by atoms with Crippen LogP contribution in [0.25, 0.3) is 0 Å². The van der Waals surface area contributed by atoms with Gasteiger partial charge in [-0.3, -0.25) is 0 Å². The van der Waals surface area contributed by atoms with Gasteiger partial charge in [-0.15, -0.1) is 6.58 Å². The number of ether oxygens (including phenoxy) is 2. The average molecular weight is 238 g/mol. The molecule has 0 spiro atoms. The molecule has 0 saturated heterocycles. The Morgan fingerprint density at radius 1 is 1.41 bits per heavy atom. The molecule has 0 N–H and O–H groups in total. The van der Waals surface area contributed by atoms with E-state index >= 15 is 0 Å². The SMILES string of the molecule is C=CCOC(C#CC(=O)OCC)CCCCC. The van der Waals surface area contributed by atoms with Crippen molar-refractivity contribution in [2.24, 2.45) is 0 Å². The van der Waals surface area contributed by atoms with Gasteiger partial charge in [0, 0.05) is 5.92 Å². The summed E-state index contributed by atoms with van der Waals surface area (Å²) in [6.07, 6.45) is 5.67. The molecule has 0 radical (unpaired) electrons. The van der Waals surface area contributed by atoms with Crippen LogP contribution in [0, 0.1) is 11.8 Å². The summed E-state index contributed by atoms with van der Waals surface area (Å²) in [6, 6.07) is 0. The molecule has 0 heterocycles. The molecule has 0 aromatic carbocycles. The summed E-state index contributed by atoms with van der Waals surface area (Å²) >= 11 is 0. The van der Waals surface area contributed by atoms with Crippen molar-refractivity contribution >= 4 is 5.97 Å². The number of hydrogen-bond acceptors (Lipinski definition) is 3. The lowest BCUT2D eigenvalue weighted by atomic mass is 10.1. The van der Waals surface area contributed by atoms with Gasteiger partial charge < -0.3 is 9.47 Å². The zero-order chi connectivity index (χ0) is 12.9. The Morgan fingerprint density at radius 2 is 2.18 bits per heavy atom. The zero-order valence-electron chi connectivity index (χ0n) is 10.8. The third-order valence-corrected chi connectivity index (χ3v) is 2.10. The summed E-state index contributed by atoms with van der Waals surface area (Å²) in [5.41, 5.74) is 0. The lowest BCUT2D eigenvalue weighted by Gasteiger charge is -2.09. The van der Waals surface area contributed by atoms with E-state index in [4.69, 9.17) is 9.47 Å². The van der Waals surface area contributed by atoms with Gasteiger partial charge in [0.15, 0.2) is 0 Å². The van der Waals surface area contributed by atoms with Crippen LogP contribution >= 0.6 is 0 Å². The first kappa shape index (κ1) is 15.7. The van der Waals surface area contributed by atoms with Crippen LogP contribution in [-0.2, 0) is 14.3 Å². The molecule has 0 aromatic rings. The molecule has 3 heteroatoms. The molecular weight excluding hydrogens is 216 g/mol. The van der Waals surface area contributed by atoms with E-state index in [1.54, 1.807) is 13.0 Å². The second kappa shape index (κ2) is 11.2. The maximum Gasteiger partial charge on any atom is 0.384 e. The summed E-state index contributed by atoms with van der Waals surface area (Å²) in [4.78, 5) is 11.1. The molecule has 0 rings (SSSR count). The topological polar surface area (TPSA) is 35.5 Å². The van der Waals surface area contributed by atoms with Crippen LogP contribution in [0.2, 0.25) is 0 Å². The molecular formula is C14H22O3. The third-order valence-electron chi connectivity index (χ3n) is 2.10. The summed E-state index contributed by atoms with van der Waals surface area (Å²) in [6.45, 7) is 8.29. The minimum Gasteiger partial charge on any atom is -0.456 e. The standard InChI is InChI=1S/C14H22O3/c1-4-7-8-9-13(17-12-5-2)10-11-14(15)16-6-3/h5,13H,2,4,6-9,12H2,1,3H3. The van der Waals surface area contributed by atoms with E-state index in [0.29, 0.717) is 13.2 Å². The minimum atomic E-state index is -0.491. The lowest BCUT2D eigenvalue weighted by Crippen LogP contribution is -2.11. The quantitative estimate of drug-likeness (QED) is 0.214. The van der Waals surface area contributed by atoms with E-state index in [1.807, 2.05) is 0 Å². The fraction of sp³-hybridized carbons (Fsp3) is 0.643. The van der Waals surface area contributed by atoms with Gasteiger partial charge in [-0.25, -0.2) is 4.79 Å². The molecule has 1 unspecified atom stereocenters. The van der Waals surface area contributed by atoms with Gasteiger partial charge in [0.05, 0.1) is 13.2 Å². The molecule has 0 aliphatic heterocycles. The van der Waals surface area contributed by atoms with Crippen LogP contribution in [0.1, 0.15) is 39.5 Å². The summed E-state index contributed by atoms with van der Waals surface area (Å²) < 4.78 is 10.2. The molecule has 1 atom stereocenters. The first-order valence-corrected chi connectivity index (χ1v) is 6.15. The zero-order valence-corrected chi connectivity index (χ0v) is 10.8. The second-order valence-electron chi connectivity index (χ2n) is 3.60. The van der Waals surface area contributed by atoms with Crippen LogP contribution < -0.4 is 0 Å². The Kier molecular flexibility index (Phi) is 10.4.